The zero-order chi connectivity index (χ0) is 11.0. The Hall–Kier alpha value is -0.995. The van der Waals surface area contributed by atoms with Gasteiger partial charge in [0.15, 0.2) is 0 Å². The summed E-state index contributed by atoms with van der Waals surface area (Å²) >= 11 is 1.37. The number of amides is 2. The van der Waals surface area contributed by atoms with Crippen molar-refractivity contribution in [2.24, 2.45) is 0 Å². The molecule has 1 atom stereocenters. The van der Waals surface area contributed by atoms with E-state index in [4.69, 9.17) is 0 Å². The first-order valence-electron chi connectivity index (χ1n) is 4.06. The van der Waals surface area contributed by atoms with Gasteiger partial charge < -0.3 is 0 Å². The molecule has 0 aromatic rings. The molecule has 0 aliphatic carbocycles. The van der Waals surface area contributed by atoms with Crippen LogP contribution >= 0.6 is 11.6 Å². The van der Waals surface area contributed by atoms with E-state index in [1.165, 1.54) is 25.6 Å². The van der Waals surface area contributed by atoms with Crippen molar-refractivity contribution in [3.63, 3.8) is 0 Å². The molecule has 0 saturated heterocycles. The maximum atomic E-state index is 11.3. The molecular formula is C8H13BN2O2S. The van der Waals surface area contributed by atoms with Crippen molar-refractivity contribution in [3.05, 3.63) is 6.58 Å². The molecule has 0 rings (SSSR count). The van der Waals surface area contributed by atoms with Crippen molar-refractivity contribution in [1.82, 2.24) is 10.6 Å². The average Bonchev–Trinajstić information content (AvgIpc) is 2.15. The summed E-state index contributed by atoms with van der Waals surface area (Å²) in [5.41, 5.74) is 2.58. The third-order valence-electron chi connectivity index (χ3n) is 1.37. The SMILES string of the molecule is C=C=BSC[C@H](NC(C)=O)C(=O)NC. The number of carbonyl (C=O) groups is 2. The van der Waals surface area contributed by atoms with E-state index in [0.717, 1.165) is 0 Å². The Balaban J connectivity index is 4.16. The molecule has 14 heavy (non-hydrogen) atoms. The summed E-state index contributed by atoms with van der Waals surface area (Å²) < 4.78 is 0. The van der Waals surface area contributed by atoms with Crippen molar-refractivity contribution in [3.8, 4) is 0 Å². The summed E-state index contributed by atoms with van der Waals surface area (Å²) in [4.78, 5) is 22.0. The summed E-state index contributed by atoms with van der Waals surface area (Å²) in [6.07, 6.45) is 1.65. The first kappa shape index (κ1) is 13.0. The van der Waals surface area contributed by atoms with Crippen molar-refractivity contribution in [2.45, 2.75) is 13.0 Å². The second kappa shape index (κ2) is 7.41. The van der Waals surface area contributed by atoms with Gasteiger partial charge in [0.1, 0.15) is 0 Å². The number of carbonyl (C=O) groups excluding carboxylic acids is 2. The first-order chi connectivity index (χ1) is 6.61. The van der Waals surface area contributed by atoms with Crippen LogP contribution in [-0.2, 0) is 9.59 Å². The van der Waals surface area contributed by atoms with E-state index in [9.17, 15) is 9.59 Å². The fourth-order valence-electron chi connectivity index (χ4n) is 0.806. The fourth-order valence-corrected chi connectivity index (χ4v) is 1.45. The van der Waals surface area contributed by atoms with Gasteiger partial charge in [0, 0.05) is 0 Å². The Morgan fingerprint density at radius 1 is 1.64 bits per heavy atom. The van der Waals surface area contributed by atoms with Crippen molar-refractivity contribution in [2.75, 3.05) is 12.8 Å². The number of likely N-dealkylation sites (N-methyl/N-ethyl adjacent to an activating group) is 1. The van der Waals surface area contributed by atoms with E-state index in [1.54, 1.807) is 6.20 Å². The van der Waals surface area contributed by atoms with Crippen LogP contribution in [0.3, 0.4) is 0 Å². The van der Waals surface area contributed by atoms with Crippen molar-refractivity contribution in [1.29, 1.82) is 0 Å². The minimum absolute atomic E-state index is 0.204. The normalized spacial score (nSPS) is 10.7. The Labute approximate surface area is 88.3 Å². The van der Waals surface area contributed by atoms with Crippen LogP contribution in [0.2, 0.25) is 0 Å². The molecule has 0 aromatic carbocycles. The molecule has 0 saturated carbocycles. The molecule has 0 unspecified atom stereocenters. The van der Waals surface area contributed by atoms with Gasteiger partial charge in [-0.05, 0) is 0 Å². The summed E-state index contributed by atoms with van der Waals surface area (Å²) in [6.45, 7) is 4.77. The molecule has 2 amide bonds. The molecule has 0 spiro atoms. The number of rotatable bonds is 5. The van der Waals surface area contributed by atoms with Gasteiger partial charge in [-0.3, -0.25) is 0 Å². The van der Waals surface area contributed by atoms with Gasteiger partial charge in [-0.15, -0.1) is 0 Å². The topological polar surface area (TPSA) is 58.2 Å². The van der Waals surface area contributed by atoms with Crippen LogP contribution in [-0.4, -0.2) is 42.5 Å². The standard InChI is InChI=1S/C8H13BN2O2S/c1-4-9-14-5-7(8(13)10-3)11-6(2)12/h7H,1,5H2,2-3H3,(H,10,13)(H,11,12)/t7-/m0/s1. The molecule has 2 N–H and O–H groups in total. The number of hydrogen-bond donors (Lipinski definition) is 2. The summed E-state index contributed by atoms with van der Waals surface area (Å²) in [7, 11) is 1.53. The third-order valence-corrected chi connectivity index (χ3v) is 2.23. The van der Waals surface area contributed by atoms with Gasteiger partial charge in [-0.1, -0.05) is 0 Å². The Morgan fingerprint density at radius 3 is 2.71 bits per heavy atom. The molecule has 0 fully saturated rings. The van der Waals surface area contributed by atoms with E-state index < -0.39 is 6.04 Å². The second-order valence-electron chi connectivity index (χ2n) is 2.52. The van der Waals surface area contributed by atoms with Crippen molar-refractivity contribution >= 4 is 35.2 Å². The molecule has 0 aliphatic rings. The van der Waals surface area contributed by atoms with E-state index in [-0.39, 0.29) is 11.8 Å². The Kier molecular flexibility index (Phi) is 6.89. The predicted octanol–water partition coefficient (Wildman–Crippen LogP) is -0.823. The van der Waals surface area contributed by atoms with E-state index in [0.29, 0.717) is 5.75 Å². The average molecular weight is 212 g/mol. The van der Waals surface area contributed by atoms with E-state index in [1.807, 2.05) is 0 Å². The van der Waals surface area contributed by atoms with Gasteiger partial charge in [0.25, 0.3) is 0 Å². The van der Waals surface area contributed by atoms with E-state index >= 15 is 0 Å². The molecule has 4 nitrogen and oxygen atoms in total. The molecule has 0 heterocycles. The quantitative estimate of drug-likeness (QED) is 0.585. The van der Waals surface area contributed by atoms with Gasteiger partial charge in [-0.2, -0.15) is 0 Å². The van der Waals surface area contributed by atoms with Crippen LogP contribution in [0.1, 0.15) is 6.92 Å². The van der Waals surface area contributed by atoms with Gasteiger partial charge in [0.05, 0.1) is 0 Å². The predicted molar refractivity (Wildman–Crippen MR) is 60.5 cm³/mol. The zero-order valence-electron chi connectivity index (χ0n) is 8.29. The van der Waals surface area contributed by atoms with Gasteiger partial charge in [-0.25, -0.2) is 0 Å². The molecule has 0 aliphatic heterocycles. The molecular weight excluding hydrogens is 199 g/mol. The zero-order valence-corrected chi connectivity index (χ0v) is 9.11. The first-order valence-corrected chi connectivity index (χ1v) is 5.11. The number of hydrogen-bond acceptors (Lipinski definition) is 3. The Bertz CT molecular complexity index is 264. The molecule has 6 heteroatoms. The van der Waals surface area contributed by atoms with Crippen LogP contribution in [0.25, 0.3) is 0 Å². The summed E-state index contributed by atoms with van der Waals surface area (Å²) in [5.74, 6) is 0.0499. The van der Waals surface area contributed by atoms with Crippen LogP contribution < -0.4 is 10.6 Å². The second-order valence-corrected chi connectivity index (χ2v) is 3.43. The van der Waals surface area contributed by atoms with Crippen LogP contribution in [0.4, 0.5) is 0 Å². The van der Waals surface area contributed by atoms with Crippen molar-refractivity contribution < 1.29 is 9.59 Å². The van der Waals surface area contributed by atoms with Crippen LogP contribution in [0, 0.1) is 0 Å². The molecule has 0 bridgehead atoms. The van der Waals surface area contributed by atoms with Gasteiger partial charge in [0.2, 0.25) is 0 Å². The van der Waals surface area contributed by atoms with E-state index in [2.05, 4.69) is 22.8 Å². The molecule has 76 valence electrons. The Morgan fingerprint density at radius 2 is 2.29 bits per heavy atom. The van der Waals surface area contributed by atoms with Crippen LogP contribution in [0.5, 0.6) is 0 Å². The fraction of sp³-hybridized carbons (Fsp3) is 0.500. The third kappa shape index (κ3) is 5.62. The number of nitrogens with one attached hydrogen (secondary N) is 2. The minimum atomic E-state index is -0.507. The summed E-state index contributed by atoms with van der Waals surface area (Å²) in [6, 6.07) is -0.507. The van der Waals surface area contributed by atoms with Crippen LogP contribution in [0.15, 0.2) is 6.58 Å². The van der Waals surface area contributed by atoms with Gasteiger partial charge >= 0.3 is 87.8 Å². The molecule has 0 aromatic heterocycles. The monoisotopic (exact) mass is 212 g/mol. The maximum absolute atomic E-state index is 11.3. The molecule has 0 radical (unpaired) electrons. The summed E-state index contributed by atoms with van der Waals surface area (Å²) in [5, 5.41) is 5.03.